The summed E-state index contributed by atoms with van der Waals surface area (Å²) in [5.74, 6) is 1.46. The summed E-state index contributed by atoms with van der Waals surface area (Å²) < 4.78 is 11.8. The van der Waals surface area contributed by atoms with Gasteiger partial charge in [-0.2, -0.15) is 10.2 Å². The Morgan fingerprint density at radius 1 is 1.03 bits per heavy atom. The third kappa shape index (κ3) is 5.39. The van der Waals surface area contributed by atoms with E-state index in [-0.39, 0.29) is 12.1 Å². The highest BCUT2D eigenvalue weighted by atomic mass is 16.7. The summed E-state index contributed by atoms with van der Waals surface area (Å²) in [7, 11) is 3.08. The number of aldehydes is 1. The number of methoxy groups -OCH3 is 1. The molecule has 1 aliphatic carbocycles. The van der Waals surface area contributed by atoms with Crippen molar-refractivity contribution in [3.05, 3.63) is 53.6 Å². The molecule has 1 heterocycles. The van der Waals surface area contributed by atoms with Gasteiger partial charge in [0.25, 0.3) is 0 Å². The number of hydrogen-bond donors (Lipinski definition) is 0. The lowest BCUT2D eigenvalue weighted by molar-refractivity contribution is -0.113. The molecule has 1 fully saturated rings. The topological polar surface area (TPSA) is 80.7 Å². The highest BCUT2D eigenvalue weighted by Crippen LogP contribution is 2.33. The molecular weight excluding hydrogens is 434 g/mol. The van der Waals surface area contributed by atoms with Crippen LogP contribution in [0.1, 0.15) is 49.7 Å². The van der Waals surface area contributed by atoms with Crippen LogP contribution in [0.25, 0.3) is 0 Å². The molecule has 0 N–H and O–H groups in total. The fourth-order valence-corrected chi connectivity index (χ4v) is 4.48. The minimum absolute atomic E-state index is 0.226. The van der Waals surface area contributed by atoms with Crippen LogP contribution in [0.4, 0.5) is 5.69 Å². The van der Waals surface area contributed by atoms with Gasteiger partial charge >= 0.3 is 0 Å². The fraction of sp³-hybridized carbons (Fsp3) is 0.423. The van der Waals surface area contributed by atoms with E-state index in [0.717, 1.165) is 52.5 Å². The number of nitrogens with zero attached hydrogens (tertiary/aromatic N) is 3. The van der Waals surface area contributed by atoms with E-state index in [1.54, 1.807) is 19.2 Å². The number of carbonyl (C=O) groups is 2. The Labute approximate surface area is 200 Å². The average molecular weight is 466 g/mol. The van der Waals surface area contributed by atoms with Gasteiger partial charge in [0.05, 0.1) is 38.3 Å². The quantitative estimate of drug-likeness (QED) is 0.388. The van der Waals surface area contributed by atoms with Gasteiger partial charge in [-0.05, 0) is 74.4 Å². The van der Waals surface area contributed by atoms with Crippen molar-refractivity contribution in [2.24, 2.45) is 5.10 Å². The lowest BCUT2D eigenvalue weighted by Gasteiger charge is -2.31. The highest BCUT2D eigenvalue weighted by Gasteiger charge is 2.25. The Balaban J connectivity index is 1.55. The zero-order valence-corrected chi connectivity index (χ0v) is 19.7. The number of hydroxylamine groups is 1. The molecule has 4 rings (SSSR count). The van der Waals surface area contributed by atoms with E-state index in [4.69, 9.17) is 19.4 Å². The molecule has 0 radical (unpaired) electrons. The number of hydrogen-bond acceptors (Lipinski definition) is 7. The number of rotatable bonds is 10. The summed E-state index contributed by atoms with van der Waals surface area (Å²) in [6, 6.07) is 13.0. The number of amides is 1. The first-order chi connectivity index (χ1) is 16.6. The summed E-state index contributed by atoms with van der Waals surface area (Å²) in [6.45, 7) is 0.475. The van der Waals surface area contributed by atoms with Gasteiger partial charge in [0.15, 0.2) is 11.5 Å². The SMILES string of the molecule is COc1ccc(C2=NN(Cc3ccc(N(C=O)OC)cc3)C(C=O)CC2)cc1OC1CCCC1. The Bertz CT molecular complexity index is 1020. The zero-order chi connectivity index (χ0) is 23.9. The first kappa shape index (κ1) is 23.8. The van der Waals surface area contributed by atoms with Crippen molar-refractivity contribution >= 4 is 24.1 Å². The van der Waals surface area contributed by atoms with Gasteiger partial charge in [-0.25, -0.2) is 0 Å². The van der Waals surface area contributed by atoms with Crippen molar-refractivity contribution in [3.8, 4) is 11.5 Å². The summed E-state index contributed by atoms with van der Waals surface area (Å²) in [6.07, 6.45) is 7.71. The molecule has 180 valence electrons. The van der Waals surface area contributed by atoms with E-state index < -0.39 is 0 Å². The summed E-state index contributed by atoms with van der Waals surface area (Å²) in [4.78, 5) is 27.8. The molecule has 8 nitrogen and oxygen atoms in total. The molecule has 1 saturated carbocycles. The number of hydrazone groups is 1. The molecule has 2 aliphatic rings. The van der Waals surface area contributed by atoms with E-state index in [9.17, 15) is 9.59 Å². The monoisotopic (exact) mass is 465 g/mol. The smallest absolute Gasteiger partial charge is 0.238 e. The second kappa shape index (κ2) is 11.2. The van der Waals surface area contributed by atoms with E-state index in [2.05, 4.69) is 0 Å². The summed E-state index contributed by atoms with van der Waals surface area (Å²) in [5, 5.41) is 7.82. The lowest BCUT2D eigenvalue weighted by atomic mass is 10.00. The molecule has 8 heteroatoms. The Morgan fingerprint density at radius 2 is 1.79 bits per heavy atom. The average Bonchev–Trinajstić information content (AvgIpc) is 3.39. The zero-order valence-electron chi connectivity index (χ0n) is 19.7. The van der Waals surface area contributed by atoms with Crippen LogP contribution in [0.2, 0.25) is 0 Å². The molecule has 1 atom stereocenters. The standard InChI is InChI=1S/C26H31N3O5/c1-32-25-14-9-20(15-26(25)34-23-5-3-4-6-23)24-13-12-22(17-30)28(27-24)16-19-7-10-21(11-8-19)29(18-31)33-2/h7-11,14-15,17-18,22-23H,3-6,12-13,16H2,1-2H3. The minimum Gasteiger partial charge on any atom is -0.493 e. The number of anilines is 1. The van der Waals surface area contributed by atoms with Gasteiger partial charge in [0, 0.05) is 5.56 Å². The highest BCUT2D eigenvalue weighted by molar-refractivity contribution is 6.01. The van der Waals surface area contributed by atoms with Gasteiger partial charge < -0.3 is 14.3 Å². The van der Waals surface area contributed by atoms with Crippen LogP contribution in [0, 0.1) is 0 Å². The molecule has 0 spiro atoms. The van der Waals surface area contributed by atoms with Crippen LogP contribution in [0.15, 0.2) is 47.6 Å². The van der Waals surface area contributed by atoms with E-state index in [1.165, 1.54) is 20.0 Å². The van der Waals surface area contributed by atoms with Crippen molar-refractivity contribution in [1.29, 1.82) is 0 Å². The normalized spacial score (nSPS) is 18.4. The lowest BCUT2D eigenvalue weighted by Crippen LogP contribution is -2.37. The largest absolute Gasteiger partial charge is 0.493 e. The maximum Gasteiger partial charge on any atom is 0.238 e. The molecule has 0 bridgehead atoms. The summed E-state index contributed by atoms with van der Waals surface area (Å²) in [5.41, 5.74) is 3.49. The van der Waals surface area contributed by atoms with Crippen LogP contribution >= 0.6 is 0 Å². The van der Waals surface area contributed by atoms with Crippen molar-refractivity contribution < 1.29 is 23.9 Å². The maximum absolute atomic E-state index is 11.7. The second-order valence-corrected chi connectivity index (χ2v) is 8.56. The van der Waals surface area contributed by atoms with Gasteiger partial charge in [-0.3, -0.25) is 14.6 Å². The van der Waals surface area contributed by atoms with Gasteiger partial charge in [0.1, 0.15) is 12.3 Å². The van der Waals surface area contributed by atoms with Crippen LogP contribution in [0.3, 0.4) is 0 Å². The fourth-order valence-electron chi connectivity index (χ4n) is 4.48. The Hall–Kier alpha value is -3.39. The number of ether oxygens (including phenoxy) is 2. The van der Waals surface area contributed by atoms with Gasteiger partial charge in [0.2, 0.25) is 6.41 Å². The third-order valence-corrected chi connectivity index (χ3v) is 6.39. The van der Waals surface area contributed by atoms with Crippen molar-refractivity contribution in [2.45, 2.75) is 57.2 Å². The van der Waals surface area contributed by atoms with E-state index >= 15 is 0 Å². The van der Waals surface area contributed by atoms with Crippen LogP contribution in [-0.4, -0.2) is 49.8 Å². The summed E-state index contributed by atoms with van der Waals surface area (Å²) >= 11 is 0. The molecule has 34 heavy (non-hydrogen) atoms. The first-order valence-corrected chi connectivity index (χ1v) is 11.7. The molecular formula is C26H31N3O5. The Morgan fingerprint density at radius 3 is 2.44 bits per heavy atom. The molecule has 1 amide bonds. The minimum atomic E-state index is -0.290. The molecule has 1 aliphatic heterocycles. The molecule has 1 unspecified atom stereocenters. The van der Waals surface area contributed by atoms with Gasteiger partial charge in [-0.15, -0.1) is 0 Å². The Kier molecular flexibility index (Phi) is 7.80. The number of carbonyl (C=O) groups excluding carboxylic acids is 2. The predicted molar refractivity (Wildman–Crippen MR) is 129 cm³/mol. The molecule has 0 aromatic heterocycles. The van der Waals surface area contributed by atoms with Crippen molar-refractivity contribution in [1.82, 2.24) is 5.01 Å². The maximum atomic E-state index is 11.7. The predicted octanol–water partition coefficient (Wildman–Crippen LogP) is 4.11. The third-order valence-electron chi connectivity index (χ3n) is 6.39. The molecule has 0 saturated heterocycles. The first-order valence-electron chi connectivity index (χ1n) is 11.7. The molecule has 2 aromatic carbocycles. The van der Waals surface area contributed by atoms with Crippen LogP contribution < -0.4 is 14.5 Å². The van der Waals surface area contributed by atoms with Crippen LogP contribution in [-0.2, 0) is 21.0 Å². The van der Waals surface area contributed by atoms with Crippen LogP contribution in [0.5, 0.6) is 11.5 Å². The molecule has 2 aromatic rings. The van der Waals surface area contributed by atoms with Crippen molar-refractivity contribution in [2.75, 3.05) is 19.3 Å². The number of benzene rings is 2. The van der Waals surface area contributed by atoms with Gasteiger partial charge in [-0.1, -0.05) is 12.1 Å². The second-order valence-electron chi connectivity index (χ2n) is 8.56. The van der Waals surface area contributed by atoms with Crippen molar-refractivity contribution in [3.63, 3.8) is 0 Å². The van der Waals surface area contributed by atoms with E-state index in [0.29, 0.717) is 31.5 Å². The van der Waals surface area contributed by atoms with E-state index in [1.807, 2.05) is 35.3 Å².